The van der Waals surface area contributed by atoms with Gasteiger partial charge in [-0.3, -0.25) is 9.69 Å². The summed E-state index contributed by atoms with van der Waals surface area (Å²) in [6.45, 7) is 4.22. The average Bonchev–Trinajstić information content (AvgIpc) is 3.12. The van der Waals surface area contributed by atoms with E-state index in [1.807, 2.05) is 23.2 Å². The maximum atomic E-state index is 12.7. The largest absolute Gasteiger partial charge is 0.307 e. The van der Waals surface area contributed by atoms with E-state index < -0.39 is 0 Å². The fourth-order valence-electron chi connectivity index (χ4n) is 3.72. The van der Waals surface area contributed by atoms with Crippen LogP contribution in [0.4, 0.5) is 0 Å². The van der Waals surface area contributed by atoms with Crippen LogP contribution < -0.4 is 5.56 Å². The van der Waals surface area contributed by atoms with Gasteiger partial charge in [-0.25, -0.2) is 4.98 Å². The maximum Gasteiger partial charge on any atom is 0.294 e. The summed E-state index contributed by atoms with van der Waals surface area (Å²) in [5.41, 5.74) is 1.83. The summed E-state index contributed by atoms with van der Waals surface area (Å²) in [6.07, 6.45) is 9.45. The molecule has 1 aliphatic heterocycles. The third-order valence-electron chi connectivity index (χ3n) is 5.13. The molecule has 5 heteroatoms. The van der Waals surface area contributed by atoms with Crippen LogP contribution in [0.15, 0.2) is 59.9 Å². The molecule has 2 unspecified atom stereocenters. The highest BCUT2D eigenvalue weighted by Gasteiger charge is 2.26. The van der Waals surface area contributed by atoms with Gasteiger partial charge in [0.25, 0.3) is 5.56 Å². The minimum atomic E-state index is 0.00159. The zero-order valence-electron chi connectivity index (χ0n) is 13.9. The van der Waals surface area contributed by atoms with Crippen molar-refractivity contribution in [3.63, 3.8) is 0 Å². The monoisotopic (exact) mass is 322 g/mol. The highest BCUT2D eigenvalue weighted by Crippen LogP contribution is 2.28. The Bertz CT molecular complexity index is 883. The van der Waals surface area contributed by atoms with Crippen LogP contribution in [-0.2, 0) is 0 Å². The summed E-state index contributed by atoms with van der Waals surface area (Å²) in [5.74, 6) is 0. The van der Waals surface area contributed by atoms with Crippen molar-refractivity contribution in [1.29, 1.82) is 0 Å². The molecule has 1 saturated heterocycles. The third kappa shape index (κ3) is 2.65. The van der Waals surface area contributed by atoms with Gasteiger partial charge in [0.1, 0.15) is 0 Å². The SMILES string of the molecule is CC(c1ccccc1)N1CCCC(n2ccn3ccnc3c2=O)C1. The molecule has 24 heavy (non-hydrogen) atoms. The summed E-state index contributed by atoms with van der Waals surface area (Å²) < 4.78 is 3.65. The third-order valence-corrected chi connectivity index (χ3v) is 5.13. The summed E-state index contributed by atoms with van der Waals surface area (Å²) in [5, 5.41) is 0. The zero-order chi connectivity index (χ0) is 16.5. The number of fused-ring (bicyclic) bond motifs is 1. The van der Waals surface area contributed by atoms with E-state index in [2.05, 4.69) is 47.1 Å². The first-order chi connectivity index (χ1) is 11.7. The predicted molar refractivity (Wildman–Crippen MR) is 94.2 cm³/mol. The molecule has 0 bridgehead atoms. The standard InChI is InChI=1S/C19H22N4O/c1-15(16-6-3-2-4-7-16)22-10-5-8-17(14-22)23-13-12-21-11-9-20-18(21)19(23)24/h2-4,6-7,9,11-13,15,17H,5,8,10,14H2,1H3. The van der Waals surface area contributed by atoms with Gasteiger partial charge in [0.2, 0.25) is 5.65 Å². The molecule has 124 valence electrons. The van der Waals surface area contributed by atoms with Crippen molar-refractivity contribution in [1.82, 2.24) is 18.9 Å². The summed E-state index contributed by atoms with van der Waals surface area (Å²) in [6, 6.07) is 11.1. The lowest BCUT2D eigenvalue weighted by molar-refractivity contribution is 0.133. The van der Waals surface area contributed by atoms with Crippen molar-refractivity contribution in [3.8, 4) is 0 Å². The lowest BCUT2D eigenvalue weighted by Crippen LogP contribution is -2.41. The van der Waals surface area contributed by atoms with Gasteiger partial charge in [0.15, 0.2) is 0 Å². The Labute approximate surface area is 141 Å². The number of rotatable bonds is 3. The molecule has 0 N–H and O–H groups in total. The van der Waals surface area contributed by atoms with E-state index in [0.29, 0.717) is 11.7 Å². The molecule has 2 aromatic heterocycles. The topological polar surface area (TPSA) is 42.5 Å². The molecule has 2 atom stereocenters. The van der Waals surface area contributed by atoms with Crippen LogP contribution in [0.3, 0.4) is 0 Å². The molecule has 0 saturated carbocycles. The van der Waals surface area contributed by atoms with Crippen LogP contribution in [0.1, 0.15) is 37.4 Å². The first-order valence-electron chi connectivity index (χ1n) is 8.57. The zero-order valence-corrected chi connectivity index (χ0v) is 13.9. The average molecular weight is 322 g/mol. The molecule has 4 rings (SSSR count). The van der Waals surface area contributed by atoms with Crippen LogP contribution in [0.5, 0.6) is 0 Å². The first-order valence-corrected chi connectivity index (χ1v) is 8.57. The molecule has 0 radical (unpaired) electrons. The van der Waals surface area contributed by atoms with E-state index in [0.717, 1.165) is 25.9 Å². The van der Waals surface area contributed by atoms with Crippen LogP contribution in [0.2, 0.25) is 0 Å². The smallest absolute Gasteiger partial charge is 0.294 e. The molecule has 0 spiro atoms. The van der Waals surface area contributed by atoms with Gasteiger partial charge in [-0.1, -0.05) is 30.3 Å². The fourth-order valence-corrected chi connectivity index (χ4v) is 3.72. The maximum absolute atomic E-state index is 12.7. The number of hydrogen-bond acceptors (Lipinski definition) is 3. The first kappa shape index (κ1) is 15.1. The number of nitrogens with zero attached hydrogens (tertiary/aromatic N) is 4. The number of imidazole rings is 1. The molecule has 0 amide bonds. The highest BCUT2D eigenvalue weighted by atomic mass is 16.1. The predicted octanol–water partition coefficient (Wildman–Crippen LogP) is 2.89. The number of aromatic nitrogens is 3. The van der Waals surface area contributed by atoms with Crippen molar-refractivity contribution < 1.29 is 0 Å². The van der Waals surface area contributed by atoms with Crippen LogP contribution in [0, 0.1) is 0 Å². The Kier molecular flexibility index (Phi) is 3.94. The van der Waals surface area contributed by atoms with E-state index in [1.165, 1.54) is 5.56 Å². The van der Waals surface area contributed by atoms with Crippen molar-refractivity contribution in [2.45, 2.75) is 31.8 Å². The Hall–Kier alpha value is -2.40. The number of benzene rings is 1. The molecular weight excluding hydrogens is 300 g/mol. The van der Waals surface area contributed by atoms with Gasteiger partial charge in [0, 0.05) is 43.4 Å². The molecule has 3 aromatic rings. The van der Waals surface area contributed by atoms with Crippen molar-refractivity contribution >= 4 is 5.65 Å². The minimum absolute atomic E-state index is 0.00159. The Morgan fingerprint density at radius 3 is 2.83 bits per heavy atom. The summed E-state index contributed by atoms with van der Waals surface area (Å²) in [4.78, 5) is 19.4. The highest BCUT2D eigenvalue weighted by molar-refractivity contribution is 5.34. The summed E-state index contributed by atoms with van der Waals surface area (Å²) >= 11 is 0. The Morgan fingerprint density at radius 1 is 1.17 bits per heavy atom. The second kappa shape index (κ2) is 6.24. The molecule has 1 aromatic carbocycles. The van der Waals surface area contributed by atoms with Gasteiger partial charge in [-0.2, -0.15) is 0 Å². The van der Waals surface area contributed by atoms with Gasteiger partial charge in [0.05, 0.1) is 0 Å². The minimum Gasteiger partial charge on any atom is -0.307 e. The molecular formula is C19H22N4O. The van der Waals surface area contributed by atoms with Crippen LogP contribution >= 0.6 is 0 Å². The Morgan fingerprint density at radius 2 is 2.00 bits per heavy atom. The van der Waals surface area contributed by atoms with Crippen molar-refractivity contribution in [3.05, 3.63) is 71.0 Å². The van der Waals surface area contributed by atoms with Crippen LogP contribution in [-0.4, -0.2) is 31.9 Å². The van der Waals surface area contributed by atoms with Gasteiger partial charge < -0.3 is 8.97 Å². The lowest BCUT2D eigenvalue weighted by Gasteiger charge is -2.37. The molecule has 3 heterocycles. The van der Waals surface area contributed by atoms with E-state index in [4.69, 9.17) is 0 Å². The molecule has 0 aliphatic carbocycles. The second-order valence-electron chi connectivity index (χ2n) is 6.55. The summed E-state index contributed by atoms with van der Waals surface area (Å²) in [7, 11) is 0. The van der Waals surface area contributed by atoms with Gasteiger partial charge in [-0.05, 0) is 31.9 Å². The van der Waals surface area contributed by atoms with Crippen molar-refractivity contribution in [2.75, 3.05) is 13.1 Å². The fraction of sp³-hybridized carbons (Fsp3) is 0.368. The molecule has 1 aliphatic rings. The lowest BCUT2D eigenvalue weighted by atomic mass is 10.00. The van der Waals surface area contributed by atoms with Gasteiger partial charge in [-0.15, -0.1) is 0 Å². The van der Waals surface area contributed by atoms with Crippen molar-refractivity contribution in [2.24, 2.45) is 0 Å². The Balaban J connectivity index is 1.60. The van der Waals surface area contributed by atoms with E-state index in [-0.39, 0.29) is 11.6 Å². The quantitative estimate of drug-likeness (QED) is 0.744. The van der Waals surface area contributed by atoms with E-state index in [9.17, 15) is 4.79 Å². The number of hydrogen-bond donors (Lipinski definition) is 0. The number of likely N-dealkylation sites (tertiary alicyclic amines) is 1. The normalized spacial score (nSPS) is 20.3. The number of piperidine rings is 1. The second-order valence-corrected chi connectivity index (χ2v) is 6.55. The van der Waals surface area contributed by atoms with E-state index in [1.54, 1.807) is 10.6 Å². The molecule has 1 fully saturated rings. The van der Waals surface area contributed by atoms with E-state index >= 15 is 0 Å². The van der Waals surface area contributed by atoms with Crippen LogP contribution in [0.25, 0.3) is 5.65 Å². The molecule has 5 nitrogen and oxygen atoms in total. The van der Waals surface area contributed by atoms with Gasteiger partial charge >= 0.3 is 0 Å².